The van der Waals surface area contributed by atoms with Gasteiger partial charge >= 0.3 is 17.7 Å². The van der Waals surface area contributed by atoms with Crippen LogP contribution >= 0.6 is 0 Å². The molecular formula is C52H70N4O13. The van der Waals surface area contributed by atoms with Gasteiger partial charge in [0, 0.05) is 99.5 Å². The average Bonchev–Trinajstić information content (AvgIpc) is 3.78. The number of piperidine rings is 1. The number of ketones is 1. The van der Waals surface area contributed by atoms with Crippen molar-refractivity contribution in [1.29, 1.82) is 0 Å². The number of aliphatic carboxylic acids is 1. The number of hydrogen-bond acceptors (Lipinski definition) is 15. The van der Waals surface area contributed by atoms with E-state index < -0.39 is 82.9 Å². The first-order valence-electron chi connectivity index (χ1n) is 24.2. The van der Waals surface area contributed by atoms with Crippen LogP contribution in [0.3, 0.4) is 0 Å². The third-order valence-corrected chi connectivity index (χ3v) is 14.4. The Labute approximate surface area is 403 Å². The number of carboxylic acids is 1. The van der Waals surface area contributed by atoms with E-state index in [1.54, 1.807) is 32.1 Å². The Balaban J connectivity index is 1.37. The number of Topliss-reactive ketones (excluding diaryl/α,β-unsaturated/α-hetero) is 1. The Morgan fingerprint density at radius 1 is 0.913 bits per heavy atom. The highest BCUT2D eigenvalue weighted by Gasteiger charge is 2.51. The SMILES string of the molecule is CO[C@H]1/C=C/O[C@@]2(C)Oc3c(C)c(O)c4c(O)c(c5c(c4c3C2=O)=NC2(CCN(CC(C)C)CC2)N=5)NC(=O)/C(C)=C\C=C\[C@H](C)[C@@H]2OC(C)(C)O[C@@H]([C@@H](C)[C@H](OC(=O)CCCC(=O)O)[C@@H]1C)[C@@H]2C. The zero-order valence-electron chi connectivity index (χ0n) is 42.0. The first kappa shape index (κ1) is 51.5. The fourth-order valence-corrected chi connectivity index (χ4v) is 10.7. The number of ether oxygens (including phenoxy) is 6. The predicted octanol–water partition coefficient (Wildman–Crippen LogP) is 6.78. The number of carbonyl (C=O) groups is 4. The lowest BCUT2D eigenvalue weighted by molar-refractivity contribution is -0.336. The summed E-state index contributed by atoms with van der Waals surface area (Å²) < 4.78 is 38.0. The highest BCUT2D eigenvalue weighted by molar-refractivity contribution is 6.19. The second kappa shape index (κ2) is 19.8. The normalized spacial score (nSPS) is 31.8. The summed E-state index contributed by atoms with van der Waals surface area (Å²) in [6.45, 7) is 22.8. The van der Waals surface area contributed by atoms with Crippen LogP contribution < -0.4 is 20.8 Å². The lowest BCUT2D eigenvalue weighted by Crippen LogP contribution is -2.56. The van der Waals surface area contributed by atoms with E-state index in [1.807, 2.05) is 47.6 Å². The number of nitrogens with one attached hydrogen (secondary N) is 1. The summed E-state index contributed by atoms with van der Waals surface area (Å²) in [6.07, 6.45) is 6.64. The van der Waals surface area contributed by atoms with Crippen molar-refractivity contribution in [3.05, 3.63) is 58.0 Å². The van der Waals surface area contributed by atoms with Crippen LogP contribution in [0, 0.1) is 36.5 Å². The number of phenolic OH excluding ortho intramolecular Hbond substituents is 2. The monoisotopic (exact) mass is 958 g/mol. The molecule has 0 aromatic heterocycles. The van der Waals surface area contributed by atoms with Gasteiger partial charge in [0.15, 0.2) is 17.2 Å². The van der Waals surface area contributed by atoms with Gasteiger partial charge in [-0.15, -0.1) is 0 Å². The maximum atomic E-state index is 14.9. The molecule has 6 aliphatic heterocycles. The third-order valence-electron chi connectivity index (χ3n) is 14.4. The molecule has 2 saturated heterocycles. The number of benzene rings is 2. The summed E-state index contributed by atoms with van der Waals surface area (Å²) in [7, 11) is 1.50. The van der Waals surface area contributed by atoms with E-state index in [2.05, 4.69) is 24.1 Å². The van der Waals surface area contributed by atoms with Gasteiger partial charge in [-0.3, -0.25) is 29.2 Å². The predicted molar refractivity (Wildman–Crippen MR) is 255 cm³/mol. The molecule has 1 spiro atoms. The average molecular weight is 959 g/mol. The number of amides is 1. The van der Waals surface area contributed by atoms with Gasteiger partial charge in [-0.2, -0.15) is 0 Å². The fraction of sp³-hybridized carbons (Fsp3) is 0.615. The molecule has 17 heteroatoms. The lowest BCUT2D eigenvalue weighted by atomic mass is 9.77. The fourth-order valence-electron chi connectivity index (χ4n) is 10.7. The number of methoxy groups -OCH3 is 1. The van der Waals surface area contributed by atoms with Crippen LogP contribution in [0.1, 0.15) is 117 Å². The molecule has 8 rings (SSSR count). The molecule has 2 aromatic carbocycles. The Morgan fingerprint density at radius 3 is 2.23 bits per heavy atom. The van der Waals surface area contributed by atoms with Gasteiger partial charge in [0.05, 0.1) is 40.9 Å². The minimum Gasteiger partial charge on any atom is -0.507 e. The molecule has 6 aliphatic rings. The number of carbonyl (C=O) groups excluding carboxylic acids is 3. The van der Waals surface area contributed by atoms with Crippen LogP contribution in [0.25, 0.3) is 10.8 Å². The molecule has 0 saturated carbocycles. The Hall–Kier alpha value is -5.36. The van der Waals surface area contributed by atoms with Crippen LogP contribution in [-0.4, -0.2) is 112 Å². The summed E-state index contributed by atoms with van der Waals surface area (Å²) in [5.74, 6) is -7.60. The van der Waals surface area contributed by atoms with Gasteiger partial charge in [-0.25, -0.2) is 0 Å². The van der Waals surface area contributed by atoms with Crippen molar-refractivity contribution >= 4 is 40.1 Å². The van der Waals surface area contributed by atoms with Gasteiger partial charge in [-0.05, 0) is 46.1 Å². The van der Waals surface area contributed by atoms with E-state index in [-0.39, 0.29) is 80.9 Å². The number of rotatable bonds is 8. The molecule has 2 aromatic rings. The summed E-state index contributed by atoms with van der Waals surface area (Å²) in [6, 6.07) is 0. The molecule has 9 atom stereocenters. The molecule has 0 unspecified atom stereocenters. The highest BCUT2D eigenvalue weighted by atomic mass is 16.7. The van der Waals surface area contributed by atoms with Gasteiger partial charge in [0.2, 0.25) is 0 Å². The molecule has 17 nitrogen and oxygen atoms in total. The molecule has 7 bridgehead atoms. The molecule has 6 heterocycles. The molecule has 2 fully saturated rings. The zero-order valence-corrected chi connectivity index (χ0v) is 42.0. The maximum Gasteiger partial charge on any atom is 0.312 e. The molecule has 376 valence electrons. The first-order chi connectivity index (χ1) is 32.4. The largest absolute Gasteiger partial charge is 0.507 e. The number of likely N-dealkylation sites (tertiary alicyclic amines) is 1. The molecular weight excluding hydrogens is 889 g/mol. The molecule has 0 aliphatic carbocycles. The van der Waals surface area contributed by atoms with E-state index in [9.17, 15) is 34.5 Å². The minimum absolute atomic E-state index is 0.0332. The standard InChI is InChI=1S/C52H70N4O13/c1-26(2)25-56-22-20-52(21-23-56)54-39-36-37-42(60)30(6)47-38(36)48(62)51(11,69-47)65-24-19-33(64-12)29(5)45(66-35(59)18-14-17-34(57)58)32(8)46-31(7)44(67-50(9,10)68-46)27(3)15-13-16-28(4)49(63)53-41(43(37)61)40(39)55-52/h13,15-16,19,24,26-27,29,31-33,44-46,60-61H,14,17-18,20-23,25H2,1-12H3,(H,53,63)(H,57,58)/b15-13+,24-19+,28-16-/t27-,29+,31+,32-,33-,44-,45+,46+,51-/m0/s1. The number of anilines is 1. The van der Waals surface area contributed by atoms with Crippen molar-refractivity contribution in [3.63, 3.8) is 0 Å². The zero-order chi connectivity index (χ0) is 50.5. The molecule has 69 heavy (non-hydrogen) atoms. The Bertz CT molecular complexity index is 2600. The molecule has 1 amide bonds. The van der Waals surface area contributed by atoms with Crippen molar-refractivity contribution < 1.29 is 62.9 Å². The summed E-state index contributed by atoms with van der Waals surface area (Å²) in [4.78, 5) is 66.6. The maximum absolute atomic E-state index is 14.9. The Kier molecular flexibility index (Phi) is 14.8. The van der Waals surface area contributed by atoms with Gasteiger partial charge < -0.3 is 54.0 Å². The van der Waals surface area contributed by atoms with Crippen LogP contribution in [0.5, 0.6) is 17.2 Å². The van der Waals surface area contributed by atoms with Crippen molar-refractivity contribution in [1.82, 2.24) is 4.90 Å². The topological polar surface area (TPSA) is 224 Å². The number of phenols is 2. The van der Waals surface area contributed by atoms with E-state index in [0.29, 0.717) is 37.4 Å². The number of carboxylic acid groups (broad SMARTS) is 1. The number of allylic oxidation sites excluding steroid dienone is 2. The van der Waals surface area contributed by atoms with E-state index >= 15 is 0 Å². The van der Waals surface area contributed by atoms with E-state index in [4.69, 9.17) is 38.4 Å². The second-order valence-corrected chi connectivity index (χ2v) is 20.7. The molecule has 4 N–H and O–H groups in total. The van der Waals surface area contributed by atoms with Crippen LogP contribution in [-0.2, 0) is 38.1 Å². The summed E-state index contributed by atoms with van der Waals surface area (Å²) >= 11 is 0. The van der Waals surface area contributed by atoms with Crippen molar-refractivity contribution in [2.45, 2.75) is 150 Å². The number of aromatic hydroxyl groups is 2. The third kappa shape index (κ3) is 10.2. The van der Waals surface area contributed by atoms with Crippen LogP contribution in [0.4, 0.5) is 5.69 Å². The second-order valence-electron chi connectivity index (χ2n) is 20.7. The molecule has 0 radical (unpaired) electrons. The van der Waals surface area contributed by atoms with Crippen LogP contribution in [0.2, 0.25) is 0 Å². The van der Waals surface area contributed by atoms with Crippen molar-refractivity contribution in [3.8, 4) is 17.2 Å². The van der Waals surface area contributed by atoms with Gasteiger partial charge in [0.1, 0.15) is 28.6 Å². The summed E-state index contributed by atoms with van der Waals surface area (Å²) in [5.41, 5.74) is -0.514. The number of fused-ring (bicyclic) bond motifs is 9. The Morgan fingerprint density at radius 2 is 1.58 bits per heavy atom. The summed E-state index contributed by atoms with van der Waals surface area (Å²) in [5, 5.41) is 36.8. The smallest absolute Gasteiger partial charge is 0.312 e. The number of nitrogens with zero attached hydrogens (tertiary/aromatic N) is 3. The van der Waals surface area contributed by atoms with E-state index in [1.165, 1.54) is 20.3 Å². The van der Waals surface area contributed by atoms with Crippen molar-refractivity contribution in [2.24, 2.45) is 39.6 Å². The quantitative estimate of drug-likeness (QED) is 0.158. The minimum atomic E-state index is -1.98. The number of hydrogen-bond donors (Lipinski definition) is 4. The van der Waals surface area contributed by atoms with Crippen molar-refractivity contribution in [2.75, 3.05) is 32.1 Å². The first-order valence-corrected chi connectivity index (χ1v) is 24.2. The lowest BCUT2D eigenvalue weighted by Gasteiger charge is -2.50. The van der Waals surface area contributed by atoms with E-state index in [0.717, 1.165) is 6.54 Å². The van der Waals surface area contributed by atoms with Gasteiger partial charge in [0.25, 0.3) is 11.7 Å². The van der Waals surface area contributed by atoms with Gasteiger partial charge in [-0.1, -0.05) is 59.8 Å². The highest BCUT2D eigenvalue weighted by Crippen LogP contribution is 2.50. The van der Waals surface area contributed by atoms with Crippen LogP contribution in [0.15, 0.2) is 46.1 Å². The number of esters is 1.